The normalized spacial score (nSPS) is 10.1. The maximum Gasteiger partial charge on any atom is 0.317 e. The van der Waals surface area contributed by atoms with Crippen molar-refractivity contribution < 1.29 is 19.8 Å². The number of hydrogen-bond donors (Lipinski definition) is 3. The molecule has 0 atom stereocenters. The van der Waals surface area contributed by atoms with Crippen LogP contribution in [0.4, 0.5) is 4.79 Å². The quantitative estimate of drug-likeness (QED) is 0.512. The molecule has 106 valence electrons. The van der Waals surface area contributed by atoms with E-state index < -0.39 is 5.97 Å². The molecule has 0 heterocycles. The lowest BCUT2D eigenvalue weighted by molar-refractivity contribution is -0.137. The lowest BCUT2D eigenvalue weighted by atomic mass is 10.3. The van der Waals surface area contributed by atoms with Crippen molar-refractivity contribution in [2.24, 2.45) is 0 Å². The van der Waals surface area contributed by atoms with Gasteiger partial charge < -0.3 is 20.4 Å². The van der Waals surface area contributed by atoms with Crippen LogP contribution in [0.3, 0.4) is 0 Å². The van der Waals surface area contributed by atoms with Gasteiger partial charge >= 0.3 is 12.0 Å². The van der Waals surface area contributed by atoms with Crippen LogP contribution in [0.5, 0.6) is 0 Å². The van der Waals surface area contributed by atoms with Crippen molar-refractivity contribution in [2.45, 2.75) is 39.0 Å². The van der Waals surface area contributed by atoms with Crippen LogP contribution >= 0.6 is 0 Å². The van der Waals surface area contributed by atoms with Crippen LogP contribution in [0.25, 0.3) is 0 Å². The summed E-state index contributed by atoms with van der Waals surface area (Å²) in [6, 6.07) is -0.178. The van der Waals surface area contributed by atoms with E-state index in [0.717, 1.165) is 12.8 Å². The molecule has 0 aliphatic rings. The first-order valence-electron chi connectivity index (χ1n) is 6.47. The maximum atomic E-state index is 11.8. The van der Waals surface area contributed by atoms with E-state index in [0.29, 0.717) is 32.5 Å². The smallest absolute Gasteiger partial charge is 0.317 e. The van der Waals surface area contributed by atoms with E-state index >= 15 is 0 Å². The predicted molar refractivity (Wildman–Crippen MR) is 68.5 cm³/mol. The second-order valence-corrected chi connectivity index (χ2v) is 4.15. The molecule has 0 fully saturated rings. The number of aliphatic hydroxyl groups excluding tert-OH is 1. The third kappa shape index (κ3) is 8.81. The summed E-state index contributed by atoms with van der Waals surface area (Å²) in [5.41, 5.74) is 0. The van der Waals surface area contributed by atoms with Gasteiger partial charge in [0.2, 0.25) is 0 Å². The van der Waals surface area contributed by atoms with Crippen molar-refractivity contribution in [1.82, 2.24) is 10.2 Å². The van der Waals surface area contributed by atoms with Gasteiger partial charge in [-0.3, -0.25) is 4.79 Å². The van der Waals surface area contributed by atoms with E-state index in [9.17, 15) is 9.59 Å². The number of carboxylic acid groups (broad SMARTS) is 1. The van der Waals surface area contributed by atoms with E-state index in [4.69, 9.17) is 10.2 Å². The first kappa shape index (κ1) is 16.7. The number of aliphatic carboxylic acids is 1. The van der Waals surface area contributed by atoms with E-state index in [1.807, 2.05) is 0 Å². The van der Waals surface area contributed by atoms with Gasteiger partial charge in [-0.25, -0.2) is 4.79 Å². The number of carbonyl (C=O) groups excluding carboxylic acids is 1. The predicted octanol–water partition coefficient (Wildman–Crippen LogP) is 1.05. The van der Waals surface area contributed by atoms with Gasteiger partial charge in [0, 0.05) is 32.7 Å². The number of amides is 2. The molecule has 6 nitrogen and oxygen atoms in total. The number of hydrogen-bond acceptors (Lipinski definition) is 3. The van der Waals surface area contributed by atoms with Crippen molar-refractivity contribution in [1.29, 1.82) is 0 Å². The molecule has 0 spiro atoms. The highest BCUT2D eigenvalue weighted by Crippen LogP contribution is 1.98. The average Bonchev–Trinajstić information content (AvgIpc) is 2.34. The molecule has 0 aliphatic heterocycles. The summed E-state index contributed by atoms with van der Waals surface area (Å²) in [5, 5.41) is 19.9. The minimum atomic E-state index is -0.854. The van der Waals surface area contributed by atoms with Crippen LogP contribution in [-0.2, 0) is 4.79 Å². The molecule has 18 heavy (non-hydrogen) atoms. The van der Waals surface area contributed by atoms with Gasteiger partial charge in [-0.05, 0) is 19.3 Å². The molecule has 0 aromatic heterocycles. The highest BCUT2D eigenvalue weighted by atomic mass is 16.4. The summed E-state index contributed by atoms with van der Waals surface area (Å²) in [5.74, 6) is -0.854. The summed E-state index contributed by atoms with van der Waals surface area (Å²) in [6.45, 7) is 3.68. The maximum absolute atomic E-state index is 11.8. The topological polar surface area (TPSA) is 89.9 Å². The van der Waals surface area contributed by atoms with Gasteiger partial charge in [0.25, 0.3) is 0 Å². The van der Waals surface area contributed by atoms with E-state index in [1.54, 1.807) is 4.90 Å². The lowest BCUT2D eigenvalue weighted by Crippen LogP contribution is -2.41. The minimum absolute atomic E-state index is 0.0614. The zero-order valence-corrected chi connectivity index (χ0v) is 11.0. The monoisotopic (exact) mass is 260 g/mol. The Hall–Kier alpha value is -1.30. The molecule has 0 aromatic rings. The Labute approximate surface area is 108 Å². The molecule has 0 aromatic carbocycles. The number of nitrogens with one attached hydrogen (secondary N) is 1. The Balaban J connectivity index is 3.91. The molecule has 0 aliphatic carbocycles. The van der Waals surface area contributed by atoms with Gasteiger partial charge in [-0.15, -0.1) is 0 Å². The molecule has 0 saturated carbocycles. The van der Waals surface area contributed by atoms with Gasteiger partial charge in [0.15, 0.2) is 0 Å². The highest BCUT2D eigenvalue weighted by molar-refractivity contribution is 5.74. The van der Waals surface area contributed by atoms with Crippen LogP contribution in [0, 0.1) is 0 Å². The van der Waals surface area contributed by atoms with Crippen molar-refractivity contribution in [3.05, 3.63) is 0 Å². The fourth-order valence-electron chi connectivity index (χ4n) is 1.47. The molecular formula is C12H24N2O4. The Bertz CT molecular complexity index is 238. The first-order valence-corrected chi connectivity index (χ1v) is 6.47. The molecular weight excluding hydrogens is 236 g/mol. The second-order valence-electron chi connectivity index (χ2n) is 4.15. The summed E-state index contributed by atoms with van der Waals surface area (Å²) in [4.78, 5) is 23.8. The van der Waals surface area contributed by atoms with Crippen LogP contribution in [-0.4, -0.2) is 53.4 Å². The number of nitrogens with zero attached hydrogens (tertiary/aromatic N) is 1. The van der Waals surface area contributed by atoms with Crippen LogP contribution in [0.2, 0.25) is 0 Å². The number of urea groups is 1. The second kappa shape index (κ2) is 10.8. The van der Waals surface area contributed by atoms with E-state index in [2.05, 4.69) is 12.2 Å². The zero-order chi connectivity index (χ0) is 13.8. The van der Waals surface area contributed by atoms with E-state index in [-0.39, 0.29) is 19.1 Å². The third-order valence-electron chi connectivity index (χ3n) is 2.50. The largest absolute Gasteiger partial charge is 0.481 e. The lowest BCUT2D eigenvalue weighted by Gasteiger charge is -2.22. The Morgan fingerprint density at radius 2 is 1.83 bits per heavy atom. The third-order valence-corrected chi connectivity index (χ3v) is 2.50. The summed E-state index contributed by atoms with van der Waals surface area (Å²) in [7, 11) is 0. The fraction of sp³-hybridized carbons (Fsp3) is 0.833. The number of rotatable bonds is 10. The molecule has 2 amide bonds. The summed E-state index contributed by atoms with van der Waals surface area (Å²) < 4.78 is 0. The highest BCUT2D eigenvalue weighted by Gasteiger charge is 2.11. The van der Waals surface area contributed by atoms with Crippen molar-refractivity contribution in [3.63, 3.8) is 0 Å². The van der Waals surface area contributed by atoms with Crippen LogP contribution < -0.4 is 5.32 Å². The number of carboxylic acids is 1. The molecule has 3 N–H and O–H groups in total. The Morgan fingerprint density at radius 3 is 2.39 bits per heavy atom. The standard InChI is InChI=1S/C12H24N2O4/c1-2-3-8-14(9-5-10-15)12(18)13-7-4-6-11(16)17/h15H,2-10H2,1H3,(H,13,18)(H,16,17). The number of unbranched alkanes of at least 4 members (excludes halogenated alkanes) is 1. The number of aliphatic hydroxyl groups is 1. The van der Waals surface area contributed by atoms with Gasteiger partial charge in [0.05, 0.1) is 0 Å². The Morgan fingerprint density at radius 1 is 1.17 bits per heavy atom. The Kier molecular flexibility index (Phi) is 10.0. The van der Waals surface area contributed by atoms with E-state index in [1.165, 1.54) is 0 Å². The summed E-state index contributed by atoms with van der Waals surface area (Å²) >= 11 is 0. The van der Waals surface area contributed by atoms with Crippen molar-refractivity contribution in [3.8, 4) is 0 Å². The van der Waals surface area contributed by atoms with Crippen LogP contribution in [0.15, 0.2) is 0 Å². The molecule has 0 bridgehead atoms. The molecule has 0 unspecified atom stereocenters. The van der Waals surface area contributed by atoms with Gasteiger partial charge in [-0.2, -0.15) is 0 Å². The van der Waals surface area contributed by atoms with Crippen molar-refractivity contribution in [2.75, 3.05) is 26.2 Å². The van der Waals surface area contributed by atoms with Gasteiger partial charge in [-0.1, -0.05) is 13.3 Å². The SMILES string of the molecule is CCCCN(CCCO)C(=O)NCCCC(=O)O. The summed E-state index contributed by atoms with van der Waals surface area (Å²) in [6.07, 6.45) is 2.98. The number of carbonyl (C=O) groups is 2. The van der Waals surface area contributed by atoms with Crippen LogP contribution in [0.1, 0.15) is 39.0 Å². The molecule has 6 heteroatoms. The minimum Gasteiger partial charge on any atom is -0.481 e. The van der Waals surface area contributed by atoms with Gasteiger partial charge in [0.1, 0.15) is 0 Å². The van der Waals surface area contributed by atoms with Crippen molar-refractivity contribution >= 4 is 12.0 Å². The molecule has 0 radical (unpaired) electrons. The fourth-order valence-corrected chi connectivity index (χ4v) is 1.47. The first-order chi connectivity index (χ1) is 8.61. The average molecular weight is 260 g/mol. The molecule has 0 rings (SSSR count). The zero-order valence-electron chi connectivity index (χ0n) is 11.0. The molecule has 0 saturated heterocycles.